The van der Waals surface area contributed by atoms with Gasteiger partial charge in [0.2, 0.25) is 0 Å². The van der Waals surface area contributed by atoms with Gasteiger partial charge < -0.3 is 14.4 Å². The predicted octanol–water partition coefficient (Wildman–Crippen LogP) is 2.28. The third-order valence-corrected chi connectivity index (χ3v) is 4.53. The number of likely N-dealkylation sites (tertiary alicyclic amines) is 1. The molecule has 0 unspecified atom stereocenters. The first-order valence-corrected chi connectivity index (χ1v) is 7.21. The van der Waals surface area contributed by atoms with E-state index in [9.17, 15) is 9.59 Å². The highest BCUT2D eigenvalue weighted by molar-refractivity contribution is 6.01. The molecule has 0 radical (unpaired) electrons. The van der Waals surface area contributed by atoms with Gasteiger partial charge >= 0.3 is 6.09 Å². The van der Waals surface area contributed by atoms with Crippen LogP contribution in [0.2, 0.25) is 0 Å². The van der Waals surface area contributed by atoms with Crippen LogP contribution in [0.4, 0.5) is 4.79 Å². The second-order valence-corrected chi connectivity index (χ2v) is 5.57. The van der Waals surface area contributed by atoms with Gasteiger partial charge in [-0.25, -0.2) is 4.79 Å². The van der Waals surface area contributed by atoms with Crippen LogP contribution >= 0.6 is 0 Å². The third-order valence-electron chi connectivity index (χ3n) is 4.53. The Morgan fingerprint density at radius 3 is 2.86 bits per heavy atom. The highest BCUT2D eigenvalue weighted by Gasteiger charge is 2.42. The maximum Gasteiger partial charge on any atom is 0.409 e. The number of rotatable bonds is 1. The first-order valence-electron chi connectivity index (χ1n) is 7.21. The second-order valence-electron chi connectivity index (χ2n) is 5.57. The standard InChI is InChI=1S/C16H19NO4/c1-20-11-5-6-12-10(8-11)9-14-13(15(12)18)4-3-7-17(14)16(19)21-2/h5-6,8,13-14H,3-4,7,9H2,1-2H3/t13-,14-/m1/s1. The summed E-state index contributed by atoms with van der Waals surface area (Å²) in [6.07, 6.45) is 2.01. The Morgan fingerprint density at radius 2 is 2.14 bits per heavy atom. The Morgan fingerprint density at radius 1 is 1.33 bits per heavy atom. The van der Waals surface area contributed by atoms with Crippen LogP contribution in [0, 0.1) is 5.92 Å². The van der Waals surface area contributed by atoms with Gasteiger partial charge in [0.1, 0.15) is 5.75 Å². The highest BCUT2D eigenvalue weighted by atomic mass is 16.5. The molecule has 112 valence electrons. The van der Waals surface area contributed by atoms with E-state index in [2.05, 4.69) is 0 Å². The minimum Gasteiger partial charge on any atom is -0.497 e. The second kappa shape index (κ2) is 5.39. The number of Topliss-reactive ketones (excluding diaryl/α,β-unsaturated/α-hetero) is 1. The number of piperidine rings is 1. The highest BCUT2D eigenvalue weighted by Crippen LogP contribution is 2.36. The van der Waals surface area contributed by atoms with Gasteiger partial charge in [-0.2, -0.15) is 0 Å². The van der Waals surface area contributed by atoms with Crippen LogP contribution in [0.15, 0.2) is 18.2 Å². The molecule has 0 bridgehead atoms. The monoisotopic (exact) mass is 289 g/mol. The van der Waals surface area contributed by atoms with Crippen molar-refractivity contribution in [2.24, 2.45) is 5.92 Å². The van der Waals surface area contributed by atoms with E-state index in [1.165, 1.54) is 7.11 Å². The number of carbonyl (C=O) groups is 2. The largest absolute Gasteiger partial charge is 0.497 e. The summed E-state index contributed by atoms with van der Waals surface area (Å²) in [5.41, 5.74) is 1.72. The van der Waals surface area contributed by atoms with E-state index in [1.807, 2.05) is 18.2 Å². The molecule has 2 atom stereocenters. The molecule has 1 heterocycles. The molecule has 1 amide bonds. The SMILES string of the molecule is COC(=O)N1CCC[C@H]2C(=O)c3ccc(OC)cc3C[C@H]21. The number of benzene rings is 1. The van der Waals surface area contributed by atoms with Crippen LogP contribution in [0.1, 0.15) is 28.8 Å². The van der Waals surface area contributed by atoms with Crippen LogP contribution in [0.25, 0.3) is 0 Å². The van der Waals surface area contributed by atoms with Crippen molar-refractivity contribution in [3.63, 3.8) is 0 Å². The quantitative estimate of drug-likeness (QED) is 0.796. The number of ketones is 1. The van der Waals surface area contributed by atoms with Gasteiger partial charge in [-0.1, -0.05) is 0 Å². The number of fused-ring (bicyclic) bond motifs is 2. The number of nitrogens with zero attached hydrogens (tertiary/aromatic N) is 1. The number of hydrogen-bond acceptors (Lipinski definition) is 4. The summed E-state index contributed by atoms with van der Waals surface area (Å²) in [5.74, 6) is 0.761. The molecule has 1 aromatic carbocycles. The Kier molecular flexibility index (Phi) is 3.57. The van der Waals surface area contributed by atoms with E-state index in [4.69, 9.17) is 9.47 Å². The molecule has 1 aromatic rings. The summed E-state index contributed by atoms with van der Waals surface area (Å²) in [7, 11) is 2.99. The minimum atomic E-state index is -0.344. The molecule has 0 N–H and O–H groups in total. The summed E-state index contributed by atoms with van der Waals surface area (Å²) in [6, 6.07) is 5.45. The van der Waals surface area contributed by atoms with Crippen molar-refractivity contribution in [3.8, 4) is 5.75 Å². The van der Waals surface area contributed by atoms with E-state index in [0.29, 0.717) is 13.0 Å². The van der Waals surface area contributed by atoms with Crippen LogP contribution < -0.4 is 4.74 Å². The lowest BCUT2D eigenvalue weighted by Crippen LogP contribution is -2.53. The van der Waals surface area contributed by atoms with E-state index >= 15 is 0 Å². The maximum absolute atomic E-state index is 12.7. The van der Waals surface area contributed by atoms with Crippen molar-refractivity contribution in [1.82, 2.24) is 4.90 Å². The minimum absolute atomic E-state index is 0.0988. The van der Waals surface area contributed by atoms with E-state index in [0.717, 1.165) is 29.7 Å². The van der Waals surface area contributed by atoms with E-state index < -0.39 is 0 Å². The molecule has 5 heteroatoms. The van der Waals surface area contributed by atoms with E-state index in [1.54, 1.807) is 12.0 Å². The van der Waals surface area contributed by atoms with Gasteiger partial charge in [0.25, 0.3) is 0 Å². The Balaban J connectivity index is 1.98. The van der Waals surface area contributed by atoms with Gasteiger partial charge in [-0.15, -0.1) is 0 Å². The summed E-state index contributed by atoms with van der Waals surface area (Å²) in [4.78, 5) is 26.3. The average molecular weight is 289 g/mol. The van der Waals surface area contributed by atoms with Gasteiger partial charge in [0.05, 0.1) is 14.2 Å². The van der Waals surface area contributed by atoms with Gasteiger partial charge in [0, 0.05) is 24.1 Å². The zero-order valence-electron chi connectivity index (χ0n) is 12.3. The molecule has 5 nitrogen and oxygen atoms in total. The van der Waals surface area contributed by atoms with Crippen LogP contribution in [-0.4, -0.2) is 43.6 Å². The van der Waals surface area contributed by atoms with Crippen molar-refractivity contribution >= 4 is 11.9 Å². The fraction of sp³-hybridized carbons (Fsp3) is 0.500. The molecule has 1 saturated heterocycles. The van der Waals surface area contributed by atoms with Crippen LogP contribution in [-0.2, 0) is 11.2 Å². The maximum atomic E-state index is 12.7. The van der Waals surface area contributed by atoms with Gasteiger partial charge in [-0.05, 0) is 43.0 Å². The molecule has 0 aromatic heterocycles. The molecular formula is C16H19NO4. The van der Waals surface area contributed by atoms with Crippen molar-refractivity contribution in [1.29, 1.82) is 0 Å². The van der Waals surface area contributed by atoms with Gasteiger partial charge in [-0.3, -0.25) is 4.79 Å². The average Bonchev–Trinajstić information content (AvgIpc) is 2.53. The fourth-order valence-electron chi connectivity index (χ4n) is 3.49. The van der Waals surface area contributed by atoms with Crippen molar-refractivity contribution in [2.45, 2.75) is 25.3 Å². The summed E-state index contributed by atoms with van der Waals surface area (Å²) >= 11 is 0. The predicted molar refractivity (Wildman–Crippen MR) is 76.7 cm³/mol. The number of hydrogen-bond donors (Lipinski definition) is 0. The Labute approximate surface area is 123 Å². The smallest absolute Gasteiger partial charge is 0.409 e. The molecule has 1 fully saturated rings. The summed E-state index contributed by atoms with van der Waals surface area (Å²) in [6.45, 7) is 0.653. The zero-order chi connectivity index (χ0) is 15.0. The van der Waals surface area contributed by atoms with Gasteiger partial charge in [0.15, 0.2) is 5.78 Å². The fourth-order valence-corrected chi connectivity index (χ4v) is 3.49. The number of amides is 1. The molecule has 2 aliphatic rings. The number of carbonyl (C=O) groups excluding carboxylic acids is 2. The first kappa shape index (κ1) is 13.9. The third kappa shape index (κ3) is 2.26. The molecule has 21 heavy (non-hydrogen) atoms. The molecule has 3 rings (SSSR count). The van der Waals surface area contributed by atoms with Crippen molar-refractivity contribution < 1.29 is 19.1 Å². The lowest BCUT2D eigenvalue weighted by atomic mass is 9.74. The van der Waals surface area contributed by atoms with Crippen molar-refractivity contribution in [3.05, 3.63) is 29.3 Å². The van der Waals surface area contributed by atoms with Crippen molar-refractivity contribution in [2.75, 3.05) is 20.8 Å². The van der Waals surface area contributed by atoms with Crippen LogP contribution in [0.5, 0.6) is 5.75 Å². The number of ether oxygens (including phenoxy) is 2. The molecule has 0 saturated carbocycles. The first-order chi connectivity index (χ1) is 10.2. The number of methoxy groups -OCH3 is 2. The molecular weight excluding hydrogens is 270 g/mol. The normalized spacial score (nSPS) is 24.1. The Hall–Kier alpha value is -2.04. The summed E-state index contributed by atoms with van der Waals surface area (Å²) < 4.78 is 10.1. The topological polar surface area (TPSA) is 55.8 Å². The van der Waals surface area contributed by atoms with E-state index in [-0.39, 0.29) is 23.8 Å². The molecule has 0 spiro atoms. The lowest BCUT2D eigenvalue weighted by Gasteiger charge is -2.42. The van der Waals surface area contributed by atoms with Crippen LogP contribution in [0.3, 0.4) is 0 Å². The molecule has 1 aliphatic heterocycles. The molecule has 1 aliphatic carbocycles. The lowest BCUT2D eigenvalue weighted by molar-refractivity contribution is 0.0519. The zero-order valence-corrected chi connectivity index (χ0v) is 12.3. The summed E-state index contributed by atoms with van der Waals surface area (Å²) in [5, 5.41) is 0. The Bertz CT molecular complexity index is 584.